The molecule has 0 radical (unpaired) electrons. The predicted molar refractivity (Wildman–Crippen MR) is 82.8 cm³/mol. The smallest absolute Gasteiger partial charge is 0.165 e. The number of ether oxygens (including phenoxy) is 1. The summed E-state index contributed by atoms with van der Waals surface area (Å²) in [7, 11) is 1.44. The maximum absolute atomic E-state index is 13.5. The topological polar surface area (TPSA) is 21.3 Å². The van der Waals surface area contributed by atoms with Gasteiger partial charge >= 0.3 is 0 Å². The summed E-state index contributed by atoms with van der Waals surface area (Å²) in [5.41, 5.74) is 1.76. The molecule has 2 nitrogen and oxygen atoms in total. The Balaban J connectivity index is 2.45. The quantitative estimate of drug-likeness (QED) is 0.840. The standard InChI is InChI=1S/C14H14Cl2FNOS/c1-3-18-13(9-7-12(15)20-14(9)16)8-4-5-10(17)11(6-8)19-2/h4-7,13,18H,3H2,1-2H3. The van der Waals surface area contributed by atoms with Crippen molar-refractivity contribution in [3.63, 3.8) is 0 Å². The molecule has 1 aromatic heterocycles. The van der Waals surface area contributed by atoms with E-state index in [1.165, 1.54) is 24.5 Å². The van der Waals surface area contributed by atoms with E-state index < -0.39 is 0 Å². The van der Waals surface area contributed by atoms with Gasteiger partial charge in [0, 0.05) is 5.56 Å². The van der Waals surface area contributed by atoms with Crippen molar-refractivity contribution in [1.29, 1.82) is 0 Å². The molecule has 0 fully saturated rings. The zero-order chi connectivity index (χ0) is 14.7. The van der Waals surface area contributed by atoms with Gasteiger partial charge in [0.25, 0.3) is 0 Å². The molecule has 0 aliphatic rings. The fraction of sp³-hybridized carbons (Fsp3) is 0.286. The molecule has 0 aliphatic heterocycles. The van der Waals surface area contributed by atoms with Gasteiger partial charge in [0.2, 0.25) is 0 Å². The Hall–Kier alpha value is -0.810. The number of thiophene rings is 1. The molecule has 0 amide bonds. The molecule has 1 atom stereocenters. The summed E-state index contributed by atoms with van der Waals surface area (Å²) in [5.74, 6) is -0.177. The summed E-state index contributed by atoms with van der Waals surface area (Å²) in [6.45, 7) is 2.74. The number of benzene rings is 1. The second-order valence-corrected chi connectivity index (χ2v) is 6.45. The highest BCUT2D eigenvalue weighted by molar-refractivity contribution is 7.20. The largest absolute Gasteiger partial charge is 0.494 e. The van der Waals surface area contributed by atoms with Gasteiger partial charge < -0.3 is 10.1 Å². The maximum atomic E-state index is 13.5. The minimum Gasteiger partial charge on any atom is -0.494 e. The van der Waals surface area contributed by atoms with Crippen molar-refractivity contribution >= 4 is 34.5 Å². The third-order valence-corrected chi connectivity index (χ3v) is 4.43. The molecule has 2 rings (SSSR count). The molecule has 20 heavy (non-hydrogen) atoms. The van der Waals surface area contributed by atoms with E-state index in [0.29, 0.717) is 8.67 Å². The van der Waals surface area contributed by atoms with Gasteiger partial charge in [-0.05, 0) is 30.3 Å². The second-order valence-electron chi connectivity index (χ2n) is 4.16. The Labute approximate surface area is 131 Å². The molecule has 1 N–H and O–H groups in total. The summed E-state index contributed by atoms with van der Waals surface area (Å²) in [5, 5.41) is 3.33. The van der Waals surface area contributed by atoms with E-state index in [-0.39, 0.29) is 17.6 Å². The first-order valence-corrected chi connectivity index (χ1v) is 7.65. The molecule has 0 bridgehead atoms. The third-order valence-electron chi connectivity index (χ3n) is 2.91. The van der Waals surface area contributed by atoms with Crippen molar-refractivity contribution in [3.8, 4) is 5.75 Å². The van der Waals surface area contributed by atoms with E-state index >= 15 is 0 Å². The van der Waals surface area contributed by atoms with Gasteiger partial charge in [-0.25, -0.2) is 4.39 Å². The van der Waals surface area contributed by atoms with E-state index in [9.17, 15) is 4.39 Å². The summed E-state index contributed by atoms with van der Waals surface area (Å²) in [6.07, 6.45) is 0. The first-order valence-electron chi connectivity index (χ1n) is 6.08. The zero-order valence-electron chi connectivity index (χ0n) is 11.0. The molecule has 0 saturated heterocycles. The van der Waals surface area contributed by atoms with Crippen LogP contribution in [0.1, 0.15) is 24.1 Å². The van der Waals surface area contributed by atoms with Crippen LogP contribution >= 0.6 is 34.5 Å². The van der Waals surface area contributed by atoms with Crippen molar-refractivity contribution in [3.05, 3.63) is 49.9 Å². The zero-order valence-corrected chi connectivity index (χ0v) is 13.4. The highest BCUT2D eigenvalue weighted by Crippen LogP contribution is 2.38. The van der Waals surface area contributed by atoms with Gasteiger partial charge in [0.1, 0.15) is 0 Å². The predicted octanol–water partition coefficient (Wildman–Crippen LogP) is 4.90. The molecule has 0 saturated carbocycles. The molecular formula is C14H14Cl2FNOS. The fourth-order valence-corrected chi connectivity index (χ4v) is 3.55. The van der Waals surface area contributed by atoms with Crippen molar-refractivity contribution in [2.45, 2.75) is 13.0 Å². The molecule has 2 aromatic rings. The molecule has 1 unspecified atom stereocenters. The van der Waals surface area contributed by atoms with Gasteiger partial charge in [0.05, 0.1) is 21.8 Å². The van der Waals surface area contributed by atoms with E-state index in [1.807, 2.05) is 13.0 Å². The Kier molecular flexibility index (Phi) is 5.27. The minimum absolute atomic E-state index is 0.147. The van der Waals surface area contributed by atoms with Gasteiger partial charge in [0.15, 0.2) is 11.6 Å². The lowest BCUT2D eigenvalue weighted by Gasteiger charge is -2.19. The van der Waals surface area contributed by atoms with Gasteiger partial charge in [-0.1, -0.05) is 36.2 Å². The monoisotopic (exact) mass is 333 g/mol. The van der Waals surface area contributed by atoms with Crippen LogP contribution in [-0.4, -0.2) is 13.7 Å². The lowest BCUT2D eigenvalue weighted by Crippen LogP contribution is -2.21. The first-order chi connectivity index (χ1) is 9.56. The first kappa shape index (κ1) is 15.6. The average molecular weight is 334 g/mol. The summed E-state index contributed by atoms with van der Waals surface area (Å²) >= 11 is 13.5. The van der Waals surface area contributed by atoms with Crippen molar-refractivity contribution in [2.75, 3.05) is 13.7 Å². The van der Waals surface area contributed by atoms with Gasteiger partial charge in [-0.2, -0.15) is 0 Å². The highest BCUT2D eigenvalue weighted by Gasteiger charge is 2.20. The molecule has 1 aromatic carbocycles. The van der Waals surface area contributed by atoms with Crippen LogP contribution in [0.3, 0.4) is 0 Å². The maximum Gasteiger partial charge on any atom is 0.165 e. The van der Waals surface area contributed by atoms with Crippen molar-refractivity contribution in [1.82, 2.24) is 5.32 Å². The Morgan fingerprint density at radius 2 is 2.10 bits per heavy atom. The van der Waals surface area contributed by atoms with Crippen LogP contribution in [0.15, 0.2) is 24.3 Å². The molecule has 108 valence electrons. The Bertz CT molecular complexity index is 603. The van der Waals surface area contributed by atoms with E-state index in [0.717, 1.165) is 17.7 Å². The number of halogens is 3. The summed E-state index contributed by atoms with van der Waals surface area (Å²) < 4.78 is 19.8. The van der Waals surface area contributed by atoms with E-state index in [1.54, 1.807) is 12.1 Å². The lowest BCUT2D eigenvalue weighted by molar-refractivity contribution is 0.385. The SMILES string of the molecule is CCNC(c1ccc(F)c(OC)c1)c1cc(Cl)sc1Cl. The summed E-state index contributed by atoms with van der Waals surface area (Å²) in [6, 6.07) is 6.46. The van der Waals surface area contributed by atoms with Crippen LogP contribution in [0.5, 0.6) is 5.75 Å². The number of hydrogen-bond donors (Lipinski definition) is 1. The third kappa shape index (κ3) is 3.26. The lowest BCUT2D eigenvalue weighted by atomic mass is 10.0. The highest BCUT2D eigenvalue weighted by atomic mass is 35.5. The molecule has 6 heteroatoms. The fourth-order valence-electron chi connectivity index (χ4n) is 2.02. The molecule has 0 spiro atoms. The van der Waals surface area contributed by atoms with E-state index in [4.69, 9.17) is 27.9 Å². The molecule has 0 aliphatic carbocycles. The van der Waals surface area contributed by atoms with Crippen LogP contribution in [0.2, 0.25) is 8.67 Å². The van der Waals surface area contributed by atoms with Crippen LogP contribution in [0.25, 0.3) is 0 Å². The average Bonchev–Trinajstić information content (AvgIpc) is 2.75. The molecular weight excluding hydrogens is 320 g/mol. The van der Waals surface area contributed by atoms with Crippen molar-refractivity contribution < 1.29 is 9.13 Å². The Morgan fingerprint density at radius 3 is 2.65 bits per heavy atom. The number of hydrogen-bond acceptors (Lipinski definition) is 3. The number of rotatable bonds is 5. The van der Waals surface area contributed by atoms with Crippen molar-refractivity contribution in [2.24, 2.45) is 0 Å². The second kappa shape index (κ2) is 6.76. The van der Waals surface area contributed by atoms with Crippen LogP contribution in [0, 0.1) is 5.82 Å². The van der Waals surface area contributed by atoms with Crippen LogP contribution in [-0.2, 0) is 0 Å². The van der Waals surface area contributed by atoms with Gasteiger partial charge in [-0.3, -0.25) is 0 Å². The summed E-state index contributed by atoms with van der Waals surface area (Å²) in [4.78, 5) is 0. The molecule has 1 heterocycles. The Morgan fingerprint density at radius 1 is 1.35 bits per heavy atom. The normalized spacial score (nSPS) is 12.4. The van der Waals surface area contributed by atoms with Crippen LogP contribution in [0.4, 0.5) is 4.39 Å². The minimum atomic E-state index is -0.388. The number of nitrogens with one attached hydrogen (secondary N) is 1. The number of methoxy groups -OCH3 is 1. The van der Waals surface area contributed by atoms with Crippen LogP contribution < -0.4 is 10.1 Å². The van der Waals surface area contributed by atoms with Gasteiger partial charge in [-0.15, -0.1) is 11.3 Å². The van der Waals surface area contributed by atoms with E-state index in [2.05, 4.69) is 5.32 Å².